The molecule has 6 heteroatoms. The van der Waals surface area contributed by atoms with Gasteiger partial charge in [0.1, 0.15) is 0 Å². The van der Waals surface area contributed by atoms with Gasteiger partial charge >= 0.3 is 0 Å². The van der Waals surface area contributed by atoms with Gasteiger partial charge < -0.3 is 10.1 Å². The average Bonchev–Trinajstić information content (AvgIpc) is 2.93. The molecule has 2 fully saturated rings. The van der Waals surface area contributed by atoms with Crippen LogP contribution in [-0.4, -0.2) is 54.2 Å². The quantitative estimate of drug-likeness (QED) is 0.832. The Morgan fingerprint density at radius 2 is 2.45 bits per heavy atom. The summed E-state index contributed by atoms with van der Waals surface area (Å²) < 4.78 is 18.4. The number of fused-ring (bicyclic) bond motifs is 1. The van der Waals surface area contributed by atoms with Crippen LogP contribution in [0.5, 0.6) is 0 Å². The summed E-state index contributed by atoms with van der Waals surface area (Å²) in [6.45, 7) is 3.21. The summed E-state index contributed by atoms with van der Waals surface area (Å²) in [5, 5.41) is 2.81. The molecule has 1 amide bonds. The molecule has 1 N–H and O–H groups in total. The largest absolute Gasteiger partial charge is 0.373 e. The summed E-state index contributed by atoms with van der Waals surface area (Å²) in [5.74, 6) is -0.832. The van der Waals surface area contributed by atoms with Crippen LogP contribution >= 0.6 is 0 Å². The maximum absolute atomic E-state index is 12.7. The number of rotatable bonds is 3. The van der Waals surface area contributed by atoms with E-state index >= 15 is 0 Å². The van der Waals surface area contributed by atoms with Crippen LogP contribution in [0, 0.1) is 5.95 Å². The summed E-state index contributed by atoms with van der Waals surface area (Å²) in [6.07, 6.45) is 3.71. The zero-order chi connectivity index (χ0) is 13.9. The second-order valence-corrected chi connectivity index (χ2v) is 5.33. The second kappa shape index (κ2) is 5.85. The van der Waals surface area contributed by atoms with Gasteiger partial charge in [-0.2, -0.15) is 4.39 Å². The van der Waals surface area contributed by atoms with Crippen molar-refractivity contribution in [2.45, 2.75) is 25.0 Å². The summed E-state index contributed by atoms with van der Waals surface area (Å²) in [6, 6.07) is 3.17. The van der Waals surface area contributed by atoms with Gasteiger partial charge in [-0.15, -0.1) is 0 Å². The minimum atomic E-state index is -0.586. The average molecular weight is 279 g/mol. The van der Waals surface area contributed by atoms with Crippen molar-refractivity contribution in [1.29, 1.82) is 0 Å². The number of carbonyl (C=O) groups is 1. The number of amides is 1. The van der Waals surface area contributed by atoms with Gasteiger partial charge in [-0.3, -0.25) is 9.69 Å². The SMILES string of the molecule is O=C(NCC1CN2CCCC2CO1)c1ccc(F)nc1. The van der Waals surface area contributed by atoms with E-state index in [1.807, 2.05) is 0 Å². The molecule has 2 atom stereocenters. The van der Waals surface area contributed by atoms with Gasteiger partial charge in [0.25, 0.3) is 5.91 Å². The standard InChI is InChI=1S/C14H18FN3O2/c15-13-4-3-10(6-16-13)14(19)17-7-12-8-18-5-1-2-11(18)9-20-12/h3-4,6,11-12H,1-2,5,7-9H2,(H,17,19). The molecule has 2 saturated heterocycles. The fourth-order valence-corrected chi connectivity index (χ4v) is 2.83. The Labute approximate surface area is 117 Å². The van der Waals surface area contributed by atoms with Gasteiger partial charge in [0, 0.05) is 25.3 Å². The van der Waals surface area contributed by atoms with Crippen molar-refractivity contribution >= 4 is 5.91 Å². The molecular formula is C14H18FN3O2. The zero-order valence-electron chi connectivity index (χ0n) is 11.2. The Hall–Kier alpha value is -1.53. The predicted molar refractivity (Wildman–Crippen MR) is 70.9 cm³/mol. The molecular weight excluding hydrogens is 261 g/mol. The van der Waals surface area contributed by atoms with E-state index < -0.39 is 5.95 Å². The van der Waals surface area contributed by atoms with Crippen LogP contribution in [0.3, 0.4) is 0 Å². The molecule has 0 radical (unpaired) electrons. The summed E-state index contributed by atoms with van der Waals surface area (Å²) in [7, 11) is 0. The van der Waals surface area contributed by atoms with Crippen LogP contribution in [0.15, 0.2) is 18.3 Å². The monoisotopic (exact) mass is 279 g/mol. The Balaban J connectivity index is 1.49. The maximum Gasteiger partial charge on any atom is 0.252 e. The third kappa shape index (κ3) is 2.96. The first-order valence-electron chi connectivity index (χ1n) is 6.98. The zero-order valence-corrected chi connectivity index (χ0v) is 11.2. The first-order valence-corrected chi connectivity index (χ1v) is 6.98. The Kier molecular flexibility index (Phi) is 3.93. The number of nitrogens with zero attached hydrogens (tertiary/aromatic N) is 2. The second-order valence-electron chi connectivity index (χ2n) is 5.33. The van der Waals surface area contributed by atoms with E-state index in [2.05, 4.69) is 15.2 Å². The Bertz CT molecular complexity index is 480. The van der Waals surface area contributed by atoms with Gasteiger partial charge in [-0.1, -0.05) is 0 Å². The summed E-state index contributed by atoms with van der Waals surface area (Å²) in [5.41, 5.74) is 0.362. The molecule has 0 aliphatic carbocycles. The number of halogens is 1. The van der Waals surface area contributed by atoms with Crippen LogP contribution in [0.25, 0.3) is 0 Å². The number of pyridine rings is 1. The van der Waals surface area contributed by atoms with Crippen molar-refractivity contribution in [2.75, 3.05) is 26.2 Å². The van der Waals surface area contributed by atoms with Gasteiger partial charge in [-0.05, 0) is 31.5 Å². The molecule has 5 nitrogen and oxygen atoms in total. The lowest BCUT2D eigenvalue weighted by Gasteiger charge is -2.35. The van der Waals surface area contributed by atoms with Crippen molar-refractivity contribution in [3.8, 4) is 0 Å². The topological polar surface area (TPSA) is 54.5 Å². The molecule has 0 spiro atoms. The summed E-state index contributed by atoms with van der Waals surface area (Å²) >= 11 is 0. The van der Waals surface area contributed by atoms with Gasteiger partial charge in [0.05, 0.1) is 18.3 Å². The van der Waals surface area contributed by atoms with E-state index in [9.17, 15) is 9.18 Å². The number of morpholine rings is 1. The fourth-order valence-electron chi connectivity index (χ4n) is 2.83. The first kappa shape index (κ1) is 13.5. The first-order chi connectivity index (χ1) is 9.72. The highest BCUT2D eigenvalue weighted by molar-refractivity contribution is 5.93. The maximum atomic E-state index is 12.7. The van der Waals surface area contributed by atoms with Crippen LogP contribution in [0.1, 0.15) is 23.2 Å². The normalized spacial score (nSPS) is 26.2. The molecule has 2 unspecified atom stereocenters. The van der Waals surface area contributed by atoms with Crippen molar-refractivity contribution < 1.29 is 13.9 Å². The molecule has 2 aliphatic heterocycles. The van der Waals surface area contributed by atoms with E-state index in [0.29, 0.717) is 18.2 Å². The highest BCUT2D eigenvalue weighted by Crippen LogP contribution is 2.22. The van der Waals surface area contributed by atoms with Crippen LogP contribution in [-0.2, 0) is 4.74 Å². The number of ether oxygens (including phenoxy) is 1. The number of hydrogen-bond acceptors (Lipinski definition) is 4. The predicted octanol–water partition coefficient (Wildman–Crippen LogP) is 0.814. The lowest BCUT2D eigenvalue weighted by atomic mass is 10.2. The molecule has 3 heterocycles. The highest BCUT2D eigenvalue weighted by atomic mass is 19.1. The molecule has 1 aromatic heterocycles. The smallest absolute Gasteiger partial charge is 0.252 e. The van der Waals surface area contributed by atoms with Crippen molar-refractivity contribution in [3.05, 3.63) is 29.8 Å². The number of nitrogens with one attached hydrogen (secondary N) is 1. The van der Waals surface area contributed by atoms with Gasteiger partial charge in [0.15, 0.2) is 0 Å². The molecule has 2 aliphatic rings. The van der Waals surface area contributed by atoms with E-state index in [-0.39, 0.29) is 12.0 Å². The van der Waals surface area contributed by atoms with E-state index in [1.54, 1.807) is 0 Å². The molecule has 20 heavy (non-hydrogen) atoms. The highest BCUT2D eigenvalue weighted by Gasteiger charge is 2.32. The Morgan fingerprint density at radius 3 is 3.25 bits per heavy atom. The molecule has 3 rings (SSSR count). The van der Waals surface area contributed by atoms with Crippen LogP contribution in [0.2, 0.25) is 0 Å². The number of aromatic nitrogens is 1. The lowest BCUT2D eigenvalue weighted by Crippen LogP contribution is -2.50. The van der Waals surface area contributed by atoms with Crippen LogP contribution in [0.4, 0.5) is 4.39 Å². The Morgan fingerprint density at radius 1 is 1.55 bits per heavy atom. The van der Waals surface area contributed by atoms with E-state index in [1.165, 1.54) is 31.2 Å². The van der Waals surface area contributed by atoms with E-state index in [0.717, 1.165) is 19.7 Å². The van der Waals surface area contributed by atoms with Crippen molar-refractivity contribution in [1.82, 2.24) is 15.2 Å². The number of carbonyl (C=O) groups excluding carboxylic acids is 1. The van der Waals surface area contributed by atoms with Gasteiger partial charge in [0.2, 0.25) is 5.95 Å². The molecule has 0 saturated carbocycles. The molecule has 0 bridgehead atoms. The molecule has 1 aromatic rings. The van der Waals surface area contributed by atoms with E-state index in [4.69, 9.17) is 4.74 Å². The lowest BCUT2D eigenvalue weighted by molar-refractivity contribution is -0.0461. The number of hydrogen-bond donors (Lipinski definition) is 1. The van der Waals surface area contributed by atoms with Crippen LogP contribution < -0.4 is 5.32 Å². The van der Waals surface area contributed by atoms with Crippen molar-refractivity contribution in [2.24, 2.45) is 0 Å². The molecule has 0 aromatic carbocycles. The minimum Gasteiger partial charge on any atom is -0.373 e. The third-order valence-electron chi connectivity index (χ3n) is 3.94. The minimum absolute atomic E-state index is 0.0294. The fraction of sp³-hybridized carbons (Fsp3) is 0.571. The third-order valence-corrected chi connectivity index (χ3v) is 3.94. The molecule has 108 valence electrons. The van der Waals surface area contributed by atoms with Crippen molar-refractivity contribution in [3.63, 3.8) is 0 Å². The summed E-state index contributed by atoms with van der Waals surface area (Å²) in [4.78, 5) is 17.8. The van der Waals surface area contributed by atoms with Gasteiger partial charge in [-0.25, -0.2) is 4.98 Å².